The Kier molecular flexibility index (Phi) is 3.33. The third-order valence-corrected chi connectivity index (χ3v) is 4.68. The Labute approximate surface area is 98.4 Å². The standard InChI is InChI=1S/C9H8BrNOS2/c10-6-1-2-13-8(6)3-7(12)9-4-11-5-14-9/h1-2,4-5,7,12H,3H2. The molecular weight excluding hydrogens is 282 g/mol. The van der Waals surface area contributed by atoms with Gasteiger partial charge in [-0.1, -0.05) is 0 Å². The molecule has 0 aromatic carbocycles. The van der Waals surface area contributed by atoms with Gasteiger partial charge in [0.15, 0.2) is 0 Å². The predicted octanol–water partition coefficient (Wildman–Crippen LogP) is 3.24. The highest BCUT2D eigenvalue weighted by Gasteiger charge is 2.12. The van der Waals surface area contributed by atoms with Crippen molar-refractivity contribution in [3.05, 3.63) is 37.4 Å². The normalized spacial score (nSPS) is 13.0. The van der Waals surface area contributed by atoms with Gasteiger partial charge in [-0.05, 0) is 27.4 Å². The van der Waals surface area contributed by atoms with Crippen LogP contribution in [0.25, 0.3) is 0 Å². The van der Waals surface area contributed by atoms with Crippen molar-refractivity contribution in [3.63, 3.8) is 0 Å². The predicted molar refractivity (Wildman–Crippen MR) is 62.8 cm³/mol. The molecule has 2 nitrogen and oxygen atoms in total. The minimum absolute atomic E-state index is 0.433. The Morgan fingerprint density at radius 3 is 2.93 bits per heavy atom. The maximum Gasteiger partial charge on any atom is 0.0946 e. The SMILES string of the molecule is OC(Cc1sccc1Br)c1cncs1. The Balaban J connectivity index is 2.09. The van der Waals surface area contributed by atoms with Crippen molar-refractivity contribution in [3.8, 4) is 0 Å². The zero-order valence-corrected chi connectivity index (χ0v) is 10.4. The van der Waals surface area contributed by atoms with Gasteiger partial charge in [0, 0.05) is 22.0 Å². The Morgan fingerprint density at radius 1 is 1.50 bits per heavy atom. The van der Waals surface area contributed by atoms with Crippen molar-refractivity contribution in [1.29, 1.82) is 0 Å². The van der Waals surface area contributed by atoms with Crippen LogP contribution in [0.15, 0.2) is 27.6 Å². The average Bonchev–Trinajstić information content (AvgIpc) is 2.77. The first-order valence-electron chi connectivity index (χ1n) is 4.05. The van der Waals surface area contributed by atoms with Crippen LogP contribution in [0, 0.1) is 0 Å². The second-order valence-electron chi connectivity index (χ2n) is 2.82. The first-order chi connectivity index (χ1) is 6.77. The summed E-state index contributed by atoms with van der Waals surface area (Å²) < 4.78 is 1.08. The van der Waals surface area contributed by atoms with Crippen LogP contribution in [0.1, 0.15) is 15.9 Å². The minimum atomic E-state index is -0.433. The molecule has 2 aromatic rings. The van der Waals surface area contributed by atoms with Gasteiger partial charge < -0.3 is 5.11 Å². The van der Waals surface area contributed by atoms with Crippen LogP contribution in [0.5, 0.6) is 0 Å². The van der Waals surface area contributed by atoms with E-state index in [2.05, 4.69) is 20.9 Å². The van der Waals surface area contributed by atoms with Crippen LogP contribution < -0.4 is 0 Å². The number of hydrogen-bond acceptors (Lipinski definition) is 4. The summed E-state index contributed by atoms with van der Waals surface area (Å²) >= 11 is 6.58. The van der Waals surface area contributed by atoms with E-state index in [0.717, 1.165) is 9.35 Å². The number of hydrogen-bond donors (Lipinski definition) is 1. The van der Waals surface area contributed by atoms with E-state index in [1.165, 1.54) is 16.2 Å². The smallest absolute Gasteiger partial charge is 0.0946 e. The van der Waals surface area contributed by atoms with E-state index in [9.17, 15) is 5.11 Å². The van der Waals surface area contributed by atoms with E-state index < -0.39 is 6.10 Å². The fourth-order valence-corrected chi connectivity index (χ4v) is 3.30. The molecule has 1 atom stereocenters. The summed E-state index contributed by atoms with van der Waals surface area (Å²) in [5.74, 6) is 0. The van der Waals surface area contributed by atoms with E-state index in [1.807, 2.05) is 11.4 Å². The summed E-state index contributed by atoms with van der Waals surface area (Å²) in [6.07, 6.45) is 1.94. The third kappa shape index (κ3) is 2.23. The lowest BCUT2D eigenvalue weighted by Gasteiger charge is -2.06. The van der Waals surface area contributed by atoms with Crippen molar-refractivity contribution in [2.75, 3.05) is 0 Å². The molecule has 0 bridgehead atoms. The molecule has 0 amide bonds. The highest BCUT2D eigenvalue weighted by atomic mass is 79.9. The molecular formula is C9H8BrNOS2. The van der Waals surface area contributed by atoms with Gasteiger partial charge in [-0.25, -0.2) is 0 Å². The van der Waals surface area contributed by atoms with Crippen molar-refractivity contribution in [1.82, 2.24) is 4.98 Å². The highest BCUT2D eigenvalue weighted by Crippen LogP contribution is 2.29. The lowest BCUT2D eigenvalue weighted by Crippen LogP contribution is -1.98. The minimum Gasteiger partial charge on any atom is -0.387 e. The summed E-state index contributed by atoms with van der Waals surface area (Å²) in [6.45, 7) is 0. The van der Waals surface area contributed by atoms with Crippen molar-refractivity contribution >= 4 is 38.6 Å². The zero-order chi connectivity index (χ0) is 9.97. The maximum absolute atomic E-state index is 9.86. The molecule has 0 spiro atoms. The van der Waals surface area contributed by atoms with Gasteiger partial charge in [0.2, 0.25) is 0 Å². The van der Waals surface area contributed by atoms with Crippen LogP contribution in [-0.2, 0) is 6.42 Å². The largest absolute Gasteiger partial charge is 0.387 e. The Morgan fingerprint density at radius 2 is 2.36 bits per heavy atom. The lowest BCUT2D eigenvalue weighted by atomic mass is 10.2. The number of thiophene rings is 1. The molecule has 74 valence electrons. The molecule has 0 radical (unpaired) electrons. The quantitative estimate of drug-likeness (QED) is 0.941. The summed E-state index contributed by atoms with van der Waals surface area (Å²) in [4.78, 5) is 6.04. The first-order valence-corrected chi connectivity index (χ1v) is 6.61. The van der Waals surface area contributed by atoms with Crippen LogP contribution in [-0.4, -0.2) is 10.1 Å². The number of thiazole rings is 1. The zero-order valence-electron chi connectivity index (χ0n) is 7.18. The number of nitrogens with zero attached hydrogens (tertiary/aromatic N) is 1. The molecule has 0 saturated carbocycles. The number of aliphatic hydroxyl groups excluding tert-OH is 1. The van der Waals surface area contributed by atoms with E-state index in [-0.39, 0.29) is 0 Å². The van der Waals surface area contributed by atoms with E-state index in [4.69, 9.17) is 0 Å². The molecule has 1 N–H and O–H groups in total. The second kappa shape index (κ2) is 4.53. The van der Waals surface area contributed by atoms with Gasteiger partial charge in [-0.3, -0.25) is 4.98 Å². The lowest BCUT2D eigenvalue weighted by molar-refractivity contribution is 0.183. The molecule has 0 aliphatic heterocycles. The molecule has 0 saturated heterocycles. The molecule has 14 heavy (non-hydrogen) atoms. The number of aromatic nitrogens is 1. The van der Waals surface area contributed by atoms with E-state index >= 15 is 0 Å². The second-order valence-corrected chi connectivity index (χ2v) is 5.59. The summed E-state index contributed by atoms with van der Waals surface area (Å²) in [6, 6.07) is 2.00. The molecule has 2 aromatic heterocycles. The average molecular weight is 290 g/mol. The van der Waals surface area contributed by atoms with Gasteiger partial charge in [-0.15, -0.1) is 22.7 Å². The summed E-state index contributed by atoms with van der Waals surface area (Å²) in [5, 5.41) is 11.9. The van der Waals surface area contributed by atoms with Crippen molar-refractivity contribution in [2.24, 2.45) is 0 Å². The van der Waals surface area contributed by atoms with Gasteiger partial charge >= 0.3 is 0 Å². The molecule has 0 aliphatic rings. The molecule has 2 rings (SSSR count). The highest BCUT2D eigenvalue weighted by molar-refractivity contribution is 9.10. The molecule has 5 heteroatoms. The Hall–Kier alpha value is -0.230. The fraction of sp³-hybridized carbons (Fsp3) is 0.222. The third-order valence-electron chi connectivity index (χ3n) is 1.85. The topological polar surface area (TPSA) is 33.1 Å². The summed E-state index contributed by atoms with van der Waals surface area (Å²) in [7, 11) is 0. The monoisotopic (exact) mass is 289 g/mol. The van der Waals surface area contributed by atoms with Gasteiger partial charge in [0.1, 0.15) is 0 Å². The van der Waals surface area contributed by atoms with Gasteiger partial charge in [-0.2, -0.15) is 0 Å². The van der Waals surface area contributed by atoms with Gasteiger partial charge in [0.05, 0.1) is 16.5 Å². The van der Waals surface area contributed by atoms with E-state index in [1.54, 1.807) is 23.0 Å². The molecule has 0 fully saturated rings. The molecule has 0 aliphatic carbocycles. The molecule has 2 heterocycles. The van der Waals surface area contributed by atoms with Crippen molar-refractivity contribution < 1.29 is 5.11 Å². The summed E-state index contributed by atoms with van der Waals surface area (Å²) in [5.41, 5.74) is 1.74. The number of rotatable bonds is 3. The van der Waals surface area contributed by atoms with Crippen LogP contribution in [0.4, 0.5) is 0 Å². The Bertz CT molecular complexity index is 399. The number of aliphatic hydroxyl groups is 1. The van der Waals surface area contributed by atoms with E-state index in [0.29, 0.717) is 6.42 Å². The van der Waals surface area contributed by atoms with Crippen LogP contribution in [0.2, 0.25) is 0 Å². The van der Waals surface area contributed by atoms with Crippen LogP contribution in [0.3, 0.4) is 0 Å². The fourth-order valence-electron chi connectivity index (χ4n) is 1.14. The molecule has 1 unspecified atom stereocenters. The van der Waals surface area contributed by atoms with Crippen LogP contribution >= 0.6 is 38.6 Å². The number of halogens is 1. The maximum atomic E-state index is 9.86. The van der Waals surface area contributed by atoms with Gasteiger partial charge in [0.25, 0.3) is 0 Å². The first kappa shape index (κ1) is 10.3. The van der Waals surface area contributed by atoms with Crippen molar-refractivity contribution in [2.45, 2.75) is 12.5 Å².